The Morgan fingerprint density at radius 1 is 1.21 bits per heavy atom. The second kappa shape index (κ2) is 13.9. The maximum atomic E-state index is 5.72. The van der Waals surface area contributed by atoms with Crippen LogP contribution in [0.15, 0.2) is 23.2 Å². The van der Waals surface area contributed by atoms with Crippen LogP contribution in [0, 0.1) is 5.92 Å². The number of ether oxygens (including phenoxy) is 3. The van der Waals surface area contributed by atoms with Crippen LogP contribution in [0.5, 0.6) is 11.5 Å². The van der Waals surface area contributed by atoms with E-state index in [1.165, 1.54) is 5.56 Å². The van der Waals surface area contributed by atoms with Crippen molar-refractivity contribution in [3.05, 3.63) is 23.8 Å². The average Bonchev–Trinajstić information content (AvgIpc) is 3.16. The van der Waals surface area contributed by atoms with E-state index in [-0.39, 0.29) is 24.0 Å². The van der Waals surface area contributed by atoms with Crippen molar-refractivity contribution in [1.29, 1.82) is 0 Å². The first-order chi connectivity index (χ1) is 13.2. The maximum absolute atomic E-state index is 5.72. The molecule has 0 saturated carbocycles. The number of rotatable bonds is 10. The zero-order chi connectivity index (χ0) is 19.5. The topological polar surface area (TPSA) is 55.3 Å². The van der Waals surface area contributed by atoms with Gasteiger partial charge >= 0.3 is 0 Å². The second-order valence-corrected chi connectivity index (χ2v) is 6.74. The van der Waals surface area contributed by atoms with E-state index in [1.54, 1.807) is 0 Å². The summed E-state index contributed by atoms with van der Waals surface area (Å²) in [7, 11) is 2.10. The van der Waals surface area contributed by atoms with Crippen LogP contribution in [0.4, 0.5) is 0 Å². The number of hydrogen-bond donors (Lipinski definition) is 1. The van der Waals surface area contributed by atoms with Crippen LogP contribution >= 0.6 is 24.0 Å². The SMILES string of the molecule is CCNC(=NCCc1ccc(OCC)c(OCC)c1)N(C)CC1CCOC1.I. The number of halogens is 1. The zero-order valence-electron chi connectivity index (χ0n) is 17.7. The fourth-order valence-corrected chi connectivity index (χ4v) is 3.21. The van der Waals surface area contributed by atoms with Gasteiger partial charge < -0.3 is 24.4 Å². The summed E-state index contributed by atoms with van der Waals surface area (Å²) < 4.78 is 16.8. The smallest absolute Gasteiger partial charge is 0.193 e. The Morgan fingerprint density at radius 3 is 2.61 bits per heavy atom. The molecule has 0 spiro atoms. The molecular formula is C21H36IN3O3. The molecule has 0 aliphatic carbocycles. The summed E-state index contributed by atoms with van der Waals surface area (Å²) in [5.74, 6) is 3.17. The summed E-state index contributed by atoms with van der Waals surface area (Å²) in [5, 5.41) is 3.39. The minimum Gasteiger partial charge on any atom is -0.490 e. The largest absolute Gasteiger partial charge is 0.490 e. The Labute approximate surface area is 187 Å². The molecule has 1 aliphatic heterocycles. The summed E-state index contributed by atoms with van der Waals surface area (Å²) in [5.41, 5.74) is 1.20. The Bertz CT molecular complexity index is 592. The van der Waals surface area contributed by atoms with E-state index in [4.69, 9.17) is 19.2 Å². The molecule has 1 aliphatic rings. The average molecular weight is 505 g/mol. The molecule has 1 saturated heterocycles. The van der Waals surface area contributed by atoms with Crippen LogP contribution in [0.1, 0.15) is 32.8 Å². The first-order valence-electron chi connectivity index (χ1n) is 10.1. The number of hydrogen-bond acceptors (Lipinski definition) is 4. The molecule has 1 N–H and O–H groups in total. The monoisotopic (exact) mass is 505 g/mol. The summed E-state index contributed by atoms with van der Waals surface area (Å²) in [6, 6.07) is 6.15. The Kier molecular flexibility index (Phi) is 12.3. The summed E-state index contributed by atoms with van der Waals surface area (Å²) in [4.78, 5) is 7.02. The van der Waals surface area contributed by atoms with Crippen LogP contribution < -0.4 is 14.8 Å². The van der Waals surface area contributed by atoms with E-state index in [1.807, 2.05) is 19.9 Å². The summed E-state index contributed by atoms with van der Waals surface area (Å²) >= 11 is 0. The van der Waals surface area contributed by atoms with Gasteiger partial charge in [0.1, 0.15) is 0 Å². The Hall–Kier alpha value is -1.22. The minimum absolute atomic E-state index is 0. The standard InChI is InChI=1S/C21H35N3O3.HI/c1-5-22-21(24(4)15-18-11-13-25-16-18)23-12-10-17-8-9-19(26-6-2)20(14-17)27-7-3;/h8-9,14,18H,5-7,10-13,15-16H2,1-4H3,(H,22,23);1H. The van der Waals surface area contributed by atoms with E-state index in [0.29, 0.717) is 19.1 Å². The lowest BCUT2D eigenvalue weighted by Gasteiger charge is -2.24. The highest BCUT2D eigenvalue weighted by Crippen LogP contribution is 2.28. The molecule has 6 nitrogen and oxygen atoms in total. The van der Waals surface area contributed by atoms with Crippen LogP contribution in [0.25, 0.3) is 0 Å². The predicted octanol–water partition coefficient (Wildman–Crippen LogP) is 3.58. The molecule has 0 radical (unpaired) electrons. The van der Waals surface area contributed by atoms with Crippen LogP contribution in [-0.4, -0.2) is 64.0 Å². The molecular weight excluding hydrogens is 469 g/mol. The van der Waals surface area contributed by atoms with E-state index < -0.39 is 0 Å². The molecule has 0 amide bonds. The van der Waals surface area contributed by atoms with E-state index in [0.717, 1.165) is 63.1 Å². The van der Waals surface area contributed by atoms with E-state index in [9.17, 15) is 0 Å². The third kappa shape index (κ3) is 8.03. The fourth-order valence-electron chi connectivity index (χ4n) is 3.21. The van der Waals surface area contributed by atoms with Gasteiger partial charge in [0.2, 0.25) is 0 Å². The van der Waals surface area contributed by atoms with Gasteiger partial charge in [0.05, 0.1) is 19.8 Å². The quantitative estimate of drug-likeness (QED) is 0.300. The Morgan fingerprint density at radius 2 is 1.96 bits per heavy atom. The molecule has 1 atom stereocenters. The number of aliphatic imine (C=N–C) groups is 1. The van der Waals surface area contributed by atoms with Crippen molar-refractivity contribution in [2.75, 3.05) is 53.1 Å². The highest BCUT2D eigenvalue weighted by Gasteiger charge is 2.19. The van der Waals surface area contributed by atoms with Crippen molar-refractivity contribution in [3.63, 3.8) is 0 Å². The van der Waals surface area contributed by atoms with Crippen LogP contribution in [0.2, 0.25) is 0 Å². The van der Waals surface area contributed by atoms with Crippen LogP contribution in [-0.2, 0) is 11.2 Å². The van der Waals surface area contributed by atoms with Crippen LogP contribution in [0.3, 0.4) is 0 Å². The van der Waals surface area contributed by atoms with Gasteiger partial charge in [-0.3, -0.25) is 4.99 Å². The second-order valence-electron chi connectivity index (χ2n) is 6.74. The molecule has 1 fully saturated rings. The Balaban J connectivity index is 0.00000392. The highest BCUT2D eigenvalue weighted by molar-refractivity contribution is 14.0. The molecule has 28 heavy (non-hydrogen) atoms. The lowest BCUT2D eigenvalue weighted by Crippen LogP contribution is -2.41. The van der Waals surface area contributed by atoms with Gasteiger partial charge in [-0.25, -0.2) is 0 Å². The molecule has 1 aromatic carbocycles. The summed E-state index contributed by atoms with van der Waals surface area (Å²) in [6.45, 7) is 11.6. The van der Waals surface area contributed by atoms with Crippen molar-refractivity contribution in [2.45, 2.75) is 33.6 Å². The molecule has 160 valence electrons. The molecule has 7 heteroatoms. The number of nitrogens with one attached hydrogen (secondary N) is 1. The van der Waals surface area contributed by atoms with Crippen molar-refractivity contribution in [1.82, 2.24) is 10.2 Å². The molecule has 1 aromatic rings. The van der Waals surface area contributed by atoms with Gasteiger partial charge in [-0.1, -0.05) is 6.07 Å². The summed E-state index contributed by atoms with van der Waals surface area (Å²) in [6.07, 6.45) is 2.00. The van der Waals surface area contributed by atoms with Gasteiger partial charge in [-0.05, 0) is 51.3 Å². The zero-order valence-corrected chi connectivity index (χ0v) is 20.0. The normalized spacial score (nSPS) is 16.4. The molecule has 1 heterocycles. The van der Waals surface area contributed by atoms with E-state index >= 15 is 0 Å². The first kappa shape index (κ1) is 24.8. The van der Waals surface area contributed by atoms with Gasteiger partial charge in [-0.15, -0.1) is 24.0 Å². The third-order valence-corrected chi connectivity index (χ3v) is 4.52. The molecule has 2 rings (SSSR count). The molecule has 1 unspecified atom stereocenters. The third-order valence-electron chi connectivity index (χ3n) is 4.52. The highest BCUT2D eigenvalue weighted by atomic mass is 127. The predicted molar refractivity (Wildman–Crippen MR) is 125 cm³/mol. The van der Waals surface area contributed by atoms with Gasteiger partial charge in [0.25, 0.3) is 0 Å². The maximum Gasteiger partial charge on any atom is 0.193 e. The van der Waals surface area contributed by atoms with Gasteiger partial charge in [0, 0.05) is 39.2 Å². The lowest BCUT2D eigenvalue weighted by molar-refractivity contribution is 0.181. The molecule has 0 bridgehead atoms. The number of nitrogens with zero attached hydrogens (tertiary/aromatic N) is 2. The van der Waals surface area contributed by atoms with Gasteiger partial charge in [-0.2, -0.15) is 0 Å². The number of benzene rings is 1. The van der Waals surface area contributed by atoms with Crippen molar-refractivity contribution >= 4 is 29.9 Å². The molecule has 0 aromatic heterocycles. The first-order valence-corrected chi connectivity index (χ1v) is 10.1. The lowest BCUT2D eigenvalue weighted by atomic mass is 10.1. The van der Waals surface area contributed by atoms with Crippen molar-refractivity contribution in [2.24, 2.45) is 10.9 Å². The number of guanidine groups is 1. The van der Waals surface area contributed by atoms with Crippen molar-refractivity contribution in [3.8, 4) is 11.5 Å². The van der Waals surface area contributed by atoms with Gasteiger partial charge in [0.15, 0.2) is 17.5 Å². The van der Waals surface area contributed by atoms with E-state index in [2.05, 4.69) is 36.3 Å². The van der Waals surface area contributed by atoms with Crippen molar-refractivity contribution < 1.29 is 14.2 Å². The fraction of sp³-hybridized carbons (Fsp3) is 0.667. The minimum atomic E-state index is 0.